The minimum Gasteiger partial charge on any atom is -0.384 e. The largest absolute Gasteiger partial charge is 0.384 e. The lowest BCUT2D eigenvalue weighted by Gasteiger charge is -2.19. The van der Waals surface area contributed by atoms with Gasteiger partial charge >= 0.3 is 0 Å². The summed E-state index contributed by atoms with van der Waals surface area (Å²) < 4.78 is 3.19. The van der Waals surface area contributed by atoms with Crippen LogP contribution >= 0.6 is 23.5 Å². The van der Waals surface area contributed by atoms with Gasteiger partial charge in [-0.1, -0.05) is 44.5 Å². The quantitative estimate of drug-likeness (QED) is 0.433. The van der Waals surface area contributed by atoms with Gasteiger partial charge in [-0.15, -0.1) is 0 Å². The van der Waals surface area contributed by atoms with Crippen LogP contribution in [0.5, 0.6) is 0 Å². The second kappa shape index (κ2) is 8.20. The highest BCUT2D eigenvalue weighted by atomic mass is 35.5. The fourth-order valence-electron chi connectivity index (χ4n) is 2.51. The molecule has 3 rings (SSSR count). The van der Waals surface area contributed by atoms with Crippen LogP contribution in [0.15, 0.2) is 59.8 Å². The molecule has 0 unspecified atom stereocenters. The van der Waals surface area contributed by atoms with Gasteiger partial charge in [0.25, 0.3) is 0 Å². The number of hydrogen-bond donors (Lipinski definition) is 2. The molecule has 144 valence electrons. The highest BCUT2D eigenvalue weighted by Gasteiger charge is 2.17. The highest BCUT2D eigenvalue weighted by molar-refractivity contribution is 8.00. The maximum absolute atomic E-state index is 12.8. The molecule has 0 saturated carbocycles. The van der Waals surface area contributed by atoms with E-state index in [2.05, 4.69) is 47.6 Å². The smallest absolute Gasteiger partial charge is 0.215 e. The van der Waals surface area contributed by atoms with E-state index < -0.39 is 0 Å². The second-order valence-corrected chi connectivity index (χ2v) is 8.65. The number of halogens is 1. The lowest BCUT2D eigenvalue weighted by Crippen LogP contribution is -2.10. The maximum atomic E-state index is 12.8. The van der Waals surface area contributed by atoms with Crippen LogP contribution in [0.2, 0.25) is 5.02 Å². The van der Waals surface area contributed by atoms with E-state index in [1.54, 1.807) is 18.2 Å². The SMILES string of the molecule is CC(C)(C)c1ccc(SNc2cc(Cl)cnc2C(=O)c2ccc(N)nc2)cc1. The topological polar surface area (TPSA) is 80.9 Å². The zero-order valence-corrected chi connectivity index (χ0v) is 17.4. The van der Waals surface area contributed by atoms with Crippen LogP contribution in [0.4, 0.5) is 11.5 Å². The predicted molar refractivity (Wildman–Crippen MR) is 116 cm³/mol. The molecule has 0 radical (unpaired) electrons. The number of hydrogen-bond acceptors (Lipinski definition) is 6. The summed E-state index contributed by atoms with van der Waals surface area (Å²) in [5, 5.41) is 0.443. The third-order valence-corrected chi connectivity index (χ3v) is 5.15. The van der Waals surface area contributed by atoms with Crippen molar-refractivity contribution in [2.24, 2.45) is 0 Å². The van der Waals surface area contributed by atoms with Crippen LogP contribution < -0.4 is 10.5 Å². The van der Waals surface area contributed by atoms with Crippen LogP contribution in [0.3, 0.4) is 0 Å². The van der Waals surface area contributed by atoms with Crippen molar-refractivity contribution in [2.75, 3.05) is 10.5 Å². The van der Waals surface area contributed by atoms with E-state index >= 15 is 0 Å². The molecule has 7 heteroatoms. The lowest BCUT2D eigenvalue weighted by atomic mass is 9.87. The summed E-state index contributed by atoms with van der Waals surface area (Å²) in [6.45, 7) is 6.53. The third kappa shape index (κ3) is 4.82. The molecule has 0 atom stereocenters. The summed E-state index contributed by atoms with van der Waals surface area (Å²) in [6.07, 6.45) is 2.89. The van der Waals surface area contributed by atoms with Crippen LogP contribution in [0.25, 0.3) is 0 Å². The van der Waals surface area contributed by atoms with Gasteiger partial charge < -0.3 is 10.5 Å². The molecule has 3 N–H and O–H groups in total. The number of anilines is 2. The minimum absolute atomic E-state index is 0.0974. The molecule has 0 aliphatic heterocycles. The third-order valence-electron chi connectivity index (χ3n) is 4.12. The number of nitrogen functional groups attached to an aromatic ring is 1. The Kier molecular flexibility index (Phi) is 5.91. The molecule has 0 saturated heterocycles. The van der Waals surface area contributed by atoms with Gasteiger partial charge in [0.1, 0.15) is 11.5 Å². The molecule has 0 aliphatic carbocycles. The number of carbonyl (C=O) groups excluding carboxylic acids is 1. The van der Waals surface area contributed by atoms with E-state index in [1.807, 2.05) is 12.1 Å². The molecule has 2 aromatic heterocycles. The van der Waals surface area contributed by atoms with Gasteiger partial charge in [0.15, 0.2) is 0 Å². The van der Waals surface area contributed by atoms with Crippen molar-refractivity contribution in [2.45, 2.75) is 31.1 Å². The molecule has 28 heavy (non-hydrogen) atoms. The molecule has 3 aromatic rings. The van der Waals surface area contributed by atoms with Gasteiger partial charge in [-0.25, -0.2) is 9.97 Å². The van der Waals surface area contributed by atoms with Gasteiger partial charge in [0, 0.05) is 22.9 Å². The van der Waals surface area contributed by atoms with Gasteiger partial charge in [-0.3, -0.25) is 4.79 Å². The Morgan fingerprint density at radius 1 is 1.07 bits per heavy atom. The number of nitrogens with one attached hydrogen (secondary N) is 1. The molecule has 1 aromatic carbocycles. The minimum atomic E-state index is -0.254. The Morgan fingerprint density at radius 2 is 1.79 bits per heavy atom. The Hall–Kier alpha value is -2.57. The van der Waals surface area contributed by atoms with Gasteiger partial charge in [-0.2, -0.15) is 0 Å². The molecular formula is C21H21ClN4OS. The molecule has 5 nitrogen and oxygen atoms in total. The molecule has 0 aliphatic rings. The van der Waals surface area contributed by atoms with Crippen LogP contribution in [0, 0.1) is 0 Å². The Morgan fingerprint density at radius 3 is 2.39 bits per heavy atom. The summed E-state index contributed by atoms with van der Waals surface area (Å²) in [5.74, 6) is 0.101. The molecule has 0 amide bonds. The Bertz CT molecular complexity index is 983. The van der Waals surface area contributed by atoms with Crippen molar-refractivity contribution in [3.63, 3.8) is 0 Å². The number of aromatic nitrogens is 2. The monoisotopic (exact) mass is 412 g/mol. The van der Waals surface area contributed by atoms with Gasteiger partial charge in [0.2, 0.25) is 5.78 Å². The number of carbonyl (C=O) groups is 1. The first-order valence-electron chi connectivity index (χ1n) is 8.69. The maximum Gasteiger partial charge on any atom is 0.215 e. The van der Waals surface area contributed by atoms with Crippen molar-refractivity contribution in [3.8, 4) is 0 Å². The molecule has 0 fully saturated rings. The molecule has 2 heterocycles. The Balaban J connectivity index is 1.81. The molecule has 0 spiro atoms. The fraction of sp³-hybridized carbons (Fsp3) is 0.190. The number of nitrogens with zero attached hydrogens (tertiary/aromatic N) is 2. The van der Waals surface area contributed by atoms with Crippen molar-refractivity contribution < 1.29 is 4.79 Å². The summed E-state index contributed by atoms with van der Waals surface area (Å²) in [7, 11) is 0. The number of rotatable bonds is 5. The average Bonchev–Trinajstić information content (AvgIpc) is 2.66. The first kappa shape index (κ1) is 20.2. The van der Waals surface area contributed by atoms with Crippen molar-refractivity contribution in [1.82, 2.24) is 9.97 Å². The van der Waals surface area contributed by atoms with Gasteiger partial charge in [-0.05, 0) is 53.3 Å². The van der Waals surface area contributed by atoms with E-state index in [9.17, 15) is 4.79 Å². The van der Waals surface area contributed by atoms with Crippen molar-refractivity contribution >= 4 is 40.8 Å². The summed E-state index contributed by atoms with van der Waals surface area (Å²) in [5.41, 5.74) is 8.17. The average molecular weight is 413 g/mol. The predicted octanol–water partition coefficient (Wildman–Crippen LogP) is 5.36. The summed E-state index contributed by atoms with van der Waals surface area (Å²) in [4.78, 5) is 22.0. The number of ketones is 1. The first-order valence-corrected chi connectivity index (χ1v) is 9.88. The number of benzene rings is 1. The van der Waals surface area contributed by atoms with E-state index in [4.69, 9.17) is 17.3 Å². The van der Waals surface area contributed by atoms with Crippen LogP contribution in [-0.2, 0) is 5.41 Å². The number of nitrogens with two attached hydrogens (primary N) is 1. The molecule has 0 bridgehead atoms. The van der Waals surface area contributed by atoms with Crippen LogP contribution in [0.1, 0.15) is 42.4 Å². The number of pyridine rings is 2. The second-order valence-electron chi connectivity index (χ2n) is 7.33. The summed E-state index contributed by atoms with van der Waals surface area (Å²) in [6, 6.07) is 13.2. The highest BCUT2D eigenvalue weighted by Crippen LogP contribution is 2.29. The molecular weight excluding hydrogens is 392 g/mol. The summed E-state index contributed by atoms with van der Waals surface area (Å²) >= 11 is 7.48. The van der Waals surface area contributed by atoms with E-state index in [-0.39, 0.29) is 16.9 Å². The fourth-order valence-corrected chi connectivity index (χ4v) is 3.32. The first-order chi connectivity index (χ1) is 13.2. The van der Waals surface area contributed by atoms with Gasteiger partial charge in [0.05, 0.1) is 10.7 Å². The Labute approximate surface area is 173 Å². The van der Waals surface area contributed by atoms with E-state index in [0.717, 1.165) is 4.90 Å². The normalized spacial score (nSPS) is 11.3. The van der Waals surface area contributed by atoms with Crippen molar-refractivity contribution in [3.05, 3.63) is 76.7 Å². The zero-order chi connectivity index (χ0) is 20.3. The van der Waals surface area contributed by atoms with Crippen LogP contribution in [-0.4, -0.2) is 15.8 Å². The van der Waals surface area contributed by atoms with E-state index in [0.29, 0.717) is 22.1 Å². The van der Waals surface area contributed by atoms with Crippen molar-refractivity contribution in [1.29, 1.82) is 0 Å². The van der Waals surface area contributed by atoms with E-state index in [1.165, 1.54) is 29.9 Å². The lowest BCUT2D eigenvalue weighted by molar-refractivity contribution is 0.103. The zero-order valence-electron chi connectivity index (χ0n) is 15.9. The standard InChI is InChI=1S/C21H21ClN4OS/c1-21(2,3)14-5-7-16(8-6-14)28-26-17-10-15(22)12-25-19(17)20(27)13-4-9-18(23)24-11-13/h4-12,26H,1-3H3,(H2,23,24).